The fraction of sp³-hybridized carbons (Fsp3) is 0.833. The van der Waals surface area contributed by atoms with Crippen LogP contribution in [-0.4, -0.2) is 100 Å². The normalized spacial score (nSPS) is 11.3. The molecule has 0 fully saturated rings. The number of ether oxygens (including phenoxy) is 2. The molecular weight excluding hydrogens is 490 g/mol. The number of ketones is 1. The number of rotatable bonds is 23. The first kappa shape index (κ1) is 34.8. The van der Waals surface area contributed by atoms with Crippen LogP contribution in [0.3, 0.4) is 0 Å². The van der Waals surface area contributed by atoms with E-state index in [9.17, 15) is 29.6 Å². The molecule has 13 nitrogen and oxygen atoms in total. The molecule has 216 valence electrons. The van der Waals surface area contributed by atoms with Crippen molar-refractivity contribution >= 4 is 23.5 Å². The van der Waals surface area contributed by atoms with Crippen molar-refractivity contribution in [1.29, 1.82) is 0 Å². The van der Waals surface area contributed by atoms with Crippen molar-refractivity contribution in [3.8, 4) is 0 Å². The van der Waals surface area contributed by atoms with Crippen LogP contribution in [-0.2, 0) is 28.7 Å². The molecule has 3 amide bonds. The van der Waals surface area contributed by atoms with Gasteiger partial charge in [-0.15, -0.1) is 0 Å². The molecule has 0 saturated heterocycles. The van der Waals surface area contributed by atoms with Crippen molar-refractivity contribution in [3.63, 3.8) is 0 Å². The molecule has 0 heterocycles. The van der Waals surface area contributed by atoms with E-state index in [0.717, 1.165) is 37.2 Å². The Balaban J connectivity index is 3.83. The van der Waals surface area contributed by atoms with Crippen LogP contribution in [0.1, 0.15) is 78.1 Å². The second-order valence-corrected chi connectivity index (χ2v) is 9.66. The number of carbonyl (C=O) groups is 4. The first-order valence-electron chi connectivity index (χ1n) is 12.7. The first-order valence-corrected chi connectivity index (χ1v) is 12.7. The third-order valence-electron chi connectivity index (χ3n) is 5.41. The Labute approximate surface area is 218 Å². The number of amides is 3. The number of hydroxylamine groups is 5. The molecule has 37 heavy (non-hydrogen) atoms. The van der Waals surface area contributed by atoms with Gasteiger partial charge in [0.05, 0.1) is 45.8 Å². The minimum atomic E-state index is -0.715. The van der Waals surface area contributed by atoms with Crippen molar-refractivity contribution in [1.82, 2.24) is 15.6 Å². The zero-order chi connectivity index (χ0) is 28.1. The molecule has 0 aliphatic heterocycles. The van der Waals surface area contributed by atoms with E-state index in [1.54, 1.807) is 0 Å². The van der Waals surface area contributed by atoms with Crippen LogP contribution in [0.4, 0.5) is 0 Å². The molecule has 0 rings (SSSR count). The molecule has 0 atom stereocenters. The van der Waals surface area contributed by atoms with E-state index in [2.05, 4.69) is 0 Å². The number of aliphatic hydroxyl groups is 1. The summed E-state index contributed by atoms with van der Waals surface area (Å²) in [5.41, 5.74) is 1.02. The summed E-state index contributed by atoms with van der Waals surface area (Å²) >= 11 is 0. The predicted octanol–water partition coefficient (Wildman–Crippen LogP) is 1.45. The van der Waals surface area contributed by atoms with E-state index in [4.69, 9.17) is 19.8 Å². The molecule has 13 heteroatoms. The smallest absolute Gasteiger partial charge is 0.248 e. The van der Waals surface area contributed by atoms with Crippen molar-refractivity contribution in [2.75, 3.05) is 46.1 Å². The van der Waals surface area contributed by atoms with Gasteiger partial charge in [-0.2, -0.15) is 0 Å². The molecule has 0 aromatic heterocycles. The van der Waals surface area contributed by atoms with Crippen molar-refractivity contribution < 1.29 is 49.4 Å². The lowest BCUT2D eigenvalue weighted by Crippen LogP contribution is -2.33. The third kappa shape index (κ3) is 19.6. The van der Waals surface area contributed by atoms with E-state index >= 15 is 0 Å². The largest absolute Gasteiger partial charge is 0.389 e. The first-order chi connectivity index (χ1) is 17.5. The number of nitrogens with one attached hydrogen (secondary N) is 1. The summed E-state index contributed by atoms with van der Waals surface area (Å²) in [6.45, 7) is 4.17. The van der Waals surface area contributed by atoms with Gasteiger partial charge in [0.1, 0.15) is 6.61 Å². The highest BCUT2D eigenvalue weighted by Crippen LogP contribution is 2.16. The standard InChI is InChI=1S/C24H45N3O10/c1-24(2,19-37-16-12-23(32)27(35)14-10-21(30)25-33)18-36-15-11-22(31)26(34)13-8-6-4-3-5-7-9-20(29)17-28/h28,33-35H,3-19H2,1-2H3,(H,25,30). The summed E-state index contributed by atoms with van der Waals surface area (Å²) in [7, 11) is 0. The number of hydrogen-bond acceptors (Lipinski definition) is 10. The summed E-state index contributed by atoms with van der Waals surface area (Å²) in [5, 5.41) is 37.6. The average molecular weight is 536 g/mol. The Morgan fingerprint density at radius 1 is 0.730 bits per heavy atom. The maximum Gasteiger partial charge on any atom is 0.248 e. The maximum atomic E-state index is 12.0. The molecule has 0 radical (unpaired) electrons. The van der Waals surface area contributed by atoms with E-state index in [0.29, 0.717) is 24.5 Å². The van der Waals surface area contributed by atoms with Crippen LogP contribution >= 0.6 is 0 Å². The van der Waals surface area contributed by atoms with Gasteiger partial charge in [-0.25, -0.2) is 15.6 Å². The zero-order valence-electron chi connectivity index (χ0n) is 22.2. The summed E-state index contributed by atoms with van der Waals surface area (Å²) in [6, 6.07) is 0. The van der Waals surface area contributed by atoms with Crippen LogP contribution in [0.5, 0.6) is 0 Å². The Kier molecular flexibility index (Phi) is 19.6. The lowest BCUT2D eigenvalue weighted by atomic mass is 9.96. The second kappa shape index (κ2) is 20.8. The van der Waals surface area contributed by atoms with Gasteiger partial charge in [0.2, 0.25) is 17.7 Å². The Hall–Kier alpha value is -2.16. The van der Waals surface area contributed by atoms with Gasteiger partial charge >= 0.3 is 0 Å². The molecule has 0 saturated carbocycles. The summed E-state index contributed by atoms with van der Waals surface area (Å²) < 4.78 is 11.0. The molecule has 0 unspecified atom stereocenters. The number of unbranched alkanes of at least 4 members (excludes halogenated alkanes) is 5. The molecule has 0 aromatic rings. The van der Waals surface area contributed by atoms with Gasteiger partial charge in [-0.1, -0.05) is 39.5 Å². The van der Waals surface area contributed by atoms with Crippen LogP contribution in [0, 0.1) is 5.41 Å². The van der Waals surface area contributed by atoms with Crippen LogP contribution in [0.15, 0.2) is 0 Å². The minimum absolute atomic E-state index is 0.0431. The van der Waals surface area contributed by atoms with Crippen LogP contribution in [0.2, 0.25) is 0 Å². The van der Waals surface area contributed by atoms with Gasteiger partial charge in [0.25, 0.3) is 0 Å². The highest BCUT2D eigenvalue weighted by Gasteiger charge is 2.20. The molecule has 0 spiro atoms. The molecular formula is C24H45N3O10. The number of Topliss-reactive ketones (excluding diaryl/α,β-unsaturated/α-hetero) is 1. The van der Waals surface area contributed by atoms with Crippen LogP contribution in [0.25, 0.3) is 0 Å². The van der Waals surface area contributed by atoms with Gasteiger partial charge in [-0.05, 0) is 12.8 Å². The second-order valence-electron chi connectivity index (χ2n) is 9.66. The molecule has 0 aromatic carbocycles. The number of carbonyl (C=O) groups excluding carboxylic acids is 4. The number of nitrogens with zero attached hydrogens (tertiary/aromatic N) is 2. The quantitative estimate of drug-likeness (QED) is 0.0728. The van der Waals surface area contributed by atoms with Gasteiger partial charge in [0.15, 0.2) is 5.78 Å². The van der Waals surface area contributed by atoms with Crippen molar-refractivity contribution in [3.05, 3.63) is 0 Å². The monoisotopic (exact) mass is 535 g/mol. The van der Waals surface area contributed by atoms with E-state index in [1.165, 1.54) is 5.48 Å². The summed E-state index contributed by atoms with van der Waals surface area (Å²) in [4.78, 5) is 45.7. The van der Waals surface area contributed by atoms with Gasteiger partial charge < -0.3 is 14.6 Å². The number of aliphatic hydroxyl groups excluding tert-OH is 1. The lowest BCUT2D eigenvalue weighted by molar-refractivity contribution is -0.167. The van der Waals surface area contributed by atoms with Crippen LogP contribution < -0.4 is 5.48 Å². The fourth-order valence-corrected chi connectivity index (χ4v) is 3.20. The maximum absolute atomic E-state index is 12.0. The molecule has 5 N–H and O–H groups in total. The van der Waals surface area contributed by atoms with Gasteiger partial charge in [0, 0.05) is 24.8 Å². The molecule has 0 aliphatic rings. The highest BCUT2D eigenvalue weighted by atomic mass is 16.5. The summed E-state index contributed by atoms with van der Waals surface area (Å²) in [5.74, 6) is -1.88. The van der Waals surface area contributed by atoms with E-state index in [1.807, 2.05) is 13.8 Å². The minimum Gasteiger partial charge on any atom is -0.389 e. The molecule has 0 bridgehead atoms. The Morgan fingerprint density at radius 2 is 1.22 bits per heavy atom. The highest BCUT2D eigenvalue weighted by molar-refractivity contribution is 5.79. The predicted molar refractivity (Wildman–Crippen MR) is 131 cm³/mol. The topological polar surface area (TPSA) is 186 Å². The average Bonchev–Trinajstić information content (AvgIpc) is 2.88. The van der Waals surface area contributed by atoms with Crippen molar-refractivity contribution in [2.45, 2.75) is 78.1 Å². The Bertz CT molecular complexity index is 675. The van der Waals surface area contributed by atoms with E-state index in [-0.39, 0.29) is 58.0 Å². The van der Waals surface area contributed by atoms with E-state index < -0.39 is 29.7 Å². The van der Waals surface area contributed by atoms with Gasteiger partial charge in [-0.3, -0.25) is 34.8 Å². The zero-order valence-corrected chi connectivity index (χ0v) is 22.2. The summed E-state index contributed by atoms with van der Waals surface area (Å²) in [6.07, 6.45) is 5.27. The molecule has 0 aliphatic carbocycles. The Morgan fingerprint density at radius 3 is 1.73 bits per heavy atom. The third-order valence-corrected chi connectivity index (χ3v) is 5.41. The van der Waals surface area contributed by atoms with Crippen molar-refractivity contribution in [2.24, 2.45) is 5.41 Å². The number of hydrogen-bond donors (Lipinski definition) is 5. The fourth-order valence-electron chi connectivity index (χ4n) is 3.20. The SMILES string of the molecule is CC(C)(COCCC(=O)N(O)CCCCCCCCC(=O)CO)COCCC(=O)N(O)CCC(=O)NO. The lowest BCUT2D eigenvalue weighted by Gasteiger charge is -2.24.